The minimum absolute atomic E-state index is 0.00839. The molecule has 0 unspecified atom stereocenters. The lowest BCUT2D eigenvalue weighted by molar-refractivity contribution is -0.136. The van der Waals surface area contributed by atoms with Crippen molar-refractivity contribution in [3.63, 3.8) is 0 Å². The molecule has 0 amide bonds. The Morgan fingerprint density at radius 1 is 1.15 bits per heavy atom. The third-order valence-corrected chi connectivity index (χ3v) is 11.0. The van der Waals surface area contributed by atoms with Gasteiger partial charge in [0.25, 0.3) is 10.0 Å². The number of hydrogen-bond donors (Lipinski definition) is 3. The van der Waals surface area contributed by atoms with Crippen LogP contribution < -0.4 is 5.32 Å². The molecule has 3 N–H and O–H groups in total. The summed E-state index contributed by atoms with van der Waals surface area (Å²) in [5.74, 6) is -0.341. The van der Waals surface area contributed by atoms with Crippen LogP contribution in [0.5, 0.6) is 0 Å². The fourth-order valence-electron chi connectivity index (χ4n) is 5.41. The molecule has 40 heavy (non-hydrogen) atoms. The topological polar surface area (TPSA) is 107 Å². The standard InChI is InChI=1S/C30H37ClN2O5S2/c1-30(2,17-21-14-22-8-4-5-9-23(22)15-21)32-18-25(34)19-33(3)40(37,38)28-16-26(29(31)39-28)24-10-6-7-20(13-24)11-12-27(35)36/h4-10,13,16,21,25,32,34H,11-12,14-15,17-19H2,1-3H3,(H,35,36)/t25-/m1/s1. The molecule has 0 aliphatic heterocycles. The first kappa shape index (κ1) is 30.7. The lowest BCUT2D eigenvalue weighted by atomic mass is 9.88. The van der Waals surface area contributed by atoms with Gasteiger partial charge in [0.1, 0.15) is 8.55 Å². The SMILES string of the molecule is CN(C[C@H](O)CNC(C)(C)CC1Cc2ccccc2C1)S(=O)(=O)c1cc(-c2cccc(CCC(=O)O)c2)c(Cl)s1. The van der Waals surface area contributed by atoms with Crippen molar-refractivity contribution in [3.8, 4) is 11.1 Å². The van der Waals surface area contributed by atoms with Crippen LogP contribution in [-0.2, 0) is 34.1 Å². The number of carboxylic acids is 1. The van der Waals surface area contributed by atoms with Gasteiger partial charge < -0.3 is 15.5 Å². The van der Waals surface area contributed by atoms with Crippen molar-refractivity contribution >= 4 is 38.9 Å². The number of halogens is 1. The van der Waals surface area contributed by atoms with Crippen LogP contribution in [-0.4, -0.2) is 60.7 Å². The summed E-state index contributed by atoms with van der Waals surface area (Å²) in [4.78, 5) is 10.9. The van der Waals surface area contributed by atoms with Gasteiger partial charge in [0.15, 0.2) is 0 Å². The van der Waals surface area contributed by atoms with E-state index in [1.165, 1.54) is 18.2 Å². The molecule has 2 aromatic carbocycles. The lowest BCUT2D eigenvalue weighted by Gasteiger charge is -2.31. The van der Waals surface area contributed by atoms with Crippen molar-refractivity contribution in [3.05, 3.63) is 75.6 Å². The molecule has 0 spiro atoms. The number of aliphatic carboxylic acids is 1. The largest absolute Gasteiger partial charge is 0.481 e. The van der Waals surface area contributed by atoms with E-state index < -0.39 is 22.1 Å². The number of carboxylic acid groups (broad SMARTS) is 1. The van der Waals surface area contributed by atoms with E-state index in [4.69, 9.17) is 16.7 Å². The molecule has 1 aromatic heterocycles. The van der Waals surface area contributed by atoms with Crippen molar-refractivity contribution < 1.29 is 23.4 Å². The summed E-state index contributed by atoms with van der Waals surface area (Å²) in [6, 6.07) is 17.4. The Bertz CT molecular complexity index is 1430. The zero-order chi connectivity index (χ0) is 29.1. The number of nitrogens with one attached hydrogen (secondary N) is 1. The fraction of sp³-hybridized carbons (Fsp3) is 0.433. The van der Waals surface area contributed by atoms with Crippen molar-refractivity contribution in [2.75, 3.05) is 20.1 Å². The molecule has 1 aliphatic carbocycles. The summed E-state index contributed by atoms with van der Waals surface area (Å²) in [6.07, 6.45) is 2.56. The van der Waals surface area contributed by atoms with Gasteiger partial charge in [-0.05, 0) is 73.8 Å². The van der Waals surface area contributed by atoms with Crippen LogP contribution in [0.3, 0.4) is 0 Å². The van der Waals surface area contributed by atoms with Gasteiger partial charge in [-0.1, -0.05) is 60.1 Å². The van der Waals surface area contributed by atoms with E-state index in [-0.39, 0.29) is 29.3 Å². The van der Waals surface area contributed by atoms with E-state index >= 15 is 0 Å². The number of fused-ring (bicyclic) bond motifs is 1. The van der Waals surface area contributed by atoms with Gasteiger partial charge in [-0.3, -0.25) is 4.79 Å². The lowest BCUT2D eigenvalue weighted by Crippen LogP contribution is -2.47. The Balaban J connectivity index is 1.34. The number of aliphatic hydroxyl groups excluding tert-OH is 1. The third-order valence-electron chi connectivity index (χ3n) is 7.41. The highest BCUT2D eigenvalue weighted by Crippen LogP contribution is 2.39. The van der Waals surface area contributed by atoms with Crippen molar-refractivity contribution in [2.24, 2.45) is 5.92 Å². The first-order valence-electron chi connectivity index (χ1n) is 13.4. The number of β-amino-alcohol motifs (C(OH)–C–C–N with tert-alkyl or cyclic N) is 1. The highest BCUT2D eigenvalue weighted by atomic mass is 35.5. The molecule has 4 rings (SSSR count). The van der Waals surface area contributed by atoms with Crippen molar-refractivity contribution in [1.29, 1.82) is 0 Å². The van der Waals surface area contributed by atoms with Crippen LogP contribution in [0.25, 0.3) is 11.1 Å². The molecular formula is C30H37ClN2O5S2. The zero-order valence-electron chi connectivity index (χ0n) is 23.1. The Labute approximate surface area is 245 Å². The second-order valence-electron chi connectivity index (χ2n) is 11.3. The summed E-state index contributed by atoms with van der Waals surface area (Å²) >= 11 is 7.43. The molecule has 0 saturated carbocycles. The van der Waals surface area contributed by atoms with E-state index in [0.717, 1.165) is 46.0 Å². The maximum absolute atomic E-state index is 13.3. The van der Waals surface area contributed by atoms with Gasteiger partial charge >= 0.3 is 5.97 Å². The summed E-state index contributed by atoms with van der Waals surface area (Å²) in [5.41, 5.74) is 4.76. The predicted molar refractivity (Wildman–Crippen MR) is 161 cm³/mol. The van der Waals surface area contributed by atoms with E-state index in [1.807, 2.05) is 18.2 Å². The second-order valence-corrected chi connectivity index (χ2v) is 15.2. The zero-order valence-corrected chi connectivity index (χ0v) is 25.5. The predicted octanol–water partition coefficient (Wildman–Crippen LogP) is 5.24. The minimum atomic E-state index is -3.88. The Morgan fingerprint density at radius 2 is 1.82 bits per heavy atom. The molecule has 0 fully saturated rings. The maximum Gasteiger partial charge on any atom is 0.303 e. The normalized spacial score (nSPS) is 14.9. The second kappa shape index (κ2) is 12.7. The number of benzene rings is 2. The molecule has 1 atom stereocenters. The smallest absolute Gasteiger partial charge is 0.303 e. The number of rotatable bonds is 13. The molecule has 0 bridgehead atoms. The number of hydrogen-bond acceptors (Lipinski definition) is 6. The summed E-state index contributed by atoms with van der Waals surface area (Å²) in [6.45, 7) is 4.45. The molecule has 1 aliphatic rings. The molecule has 3 aromatic rings. The van der Waals surface area contributed by atoms with Gasteiger partial charge in [0.2, 0.25) is 0 Å². The third kappa shape index (κ3) is 7.72. The highest BCUT2D eigenvalue weighted by Gasteiger charge is 2.30. The number of carbonyl (C=O) groups is 1. The average molecular weight is 605 g/mol. The van der Waals surface area contributed by atoms with Gasteiger partial charge in [-0.2, -0.15) is 4.31 Å². The number of aryl methyl sites for hydroxylation is 1. The average Bonchev–Trinajstić information content (AvgIpc) is 3.49. The number of sulfonamides is 1. The monoisotopic (exact) mass is 604 g/mol. The molecule has 7 nitrogen and oxygen atoms in total. The molecular weight excluding hydrogens is 568 g/mol. The quantitative estimate of drug-likeness (QED) is 0.246. The molecule has 10 heteroatoms. The molecule has 0 radical (unpaired) electrons. The molecule has 0 saturated heterocycles. The van der Waals surface area contributed by atoms with E-state index in [2.05, 4.69) is 43.4 Å². The maximum atomic E-state index is 13.3. The van der Waals surface area contributed by atoms with Crippen LogP contribution in [0.4, 0.5) is 0 Å². The van der Waals surface area contributed by atoms with Crippen LogP contribution in [0.15, 0.2) is 58.8 Å². The van der Waals surface area contributed by atoms with E-state index in [0.29, 0.717) is 22.2 Å². The fourth-order valence-corrected chi connectivity index (χ4v) is 8.60. The number of thiophene rings is 1. The van der Waals surface area contributed by atoms with Gasteiger partial charge in [0, 0.05) is 37.7 Å². The first-order chi connectivity index (χ1) is 18.8. The van der Waals surface area contributed by atoms with E-state index in [9.17, 15) is 18.3 Å². The van der Waals surface area contributed by atoms with Crippen molar-refractivity contribution in [1.82, 2.24) is 9.62 Å². The number of likely N-dealkylation sites (N-methyl/N-ethyl adjacent to an activating group) is 1. The Hall–Kier alpha value is -2.27. The Kier molecular flexibility index (Phi) is 9.75. The van der Waals surface area contributed by atoms with E-state index in [1.54, 1.807) is 12.1 Å². The minimum Gasteiger partial charge on any atom is -0.481 e. The van der Waals surface area contributed by atoms with Crippen LogP contribution >= 0.6 is 22.9 Å². The van der Waals surface area contributed by atoms with Gasteiger partial charge in [0.05, 0.1) is 6.10 Å². The molecule has 216 valence electrons. The number of aliphatic hydroxyl groups is 1. The van der Waals surface area contributed by atoms with Crippen LogP contribution in [0.1, 0.15) is 43.4 Å². The summed E-state index contributed by atoms with van der Waals surface area (Å²) in [5, 5.41) is 23.1. The summed E-state index contributed by atoms with van der Waals surface area (Å²) in [7, 11) is -2.42. The van der Waals surface area contributed by atoms with Crippen molar-refractivity contribution in [2.45, 2.75) is 61.8 Å². The molecule has 1 heterocycles. The van der Waals surface area contributed by atoms with Gasteiger partial charge in [-0.25, -0.2) is 8.42 Å². The summed E-state index contributed by atoms with van der Waals surface area (Å²) < 4.78 is 28.2. The van der Waals surface area contributed by atoms with Crippen LogP contribution in [0, 0.1) is 5.92 Å². The van der Waals surface area contributed by atoms with Crippen LogP contribution in [0.2, 0.25) is 4.34 Å². The highest BCUT2D eigenvalue weighted by molar-refractivity contribution is 7.91. The first-order valence-corrected chi connectivity index (χ1v) is 16.0. The Morgan fingerprint density at radius 3 is 2.48 bits per heavy atom. The van der Waals surface area contributed by atoms with Gasteiger partial charge in [-0.15, -0.1) is 11.3 Å². The number of nitrogens with zero attached hydrogens (tertiary/aromatic N) is 1.